The van der Waals surface area contributed by atoms with Crippen molar-refractivity contribution in [3.8, 4) is 0 Å². The molecule has 0 aliphatic heterocycles. The first-order valence-corrected chi connectivity index (χ1v) is 8.19. The van der Waals surface area contributed by atoms with E-state index < -0.39 is 0 Å². The maximum Gasteiger partial charge on any atom is 0.0467 e. The zero-order valence-electron chi connectivity index (χ0n) is 12.2. The third kappa shape index (κ3) is 3.50. The molecule has 20 heavy (non-hydrogen) atoms. The van der Waals surface area contributed by atoms with Gasteiger partial charge in [-0.2, -0.15) is 0 Å². The van der Waals surface area contributed by atoms with E-state index in [-0.39, 0.29) is 0 Å². The normalized spacial score (nSPS) is 10.6. The highest BCUT2D eigenvalue weighted by molar-refractivity contribution is 7.98. The van der Waals surface area contributed by atoms with Gasteiger partial charge in [0.2, 0.25) is 0 Å². The molecule has 106 valence electrons. The van der Waals surface area contributed by atoms with E-state index in [2.05, 4.69) is 43.4 Å². The number of benzene rings is 2. The van der Waals surface area contributed by atoms with Crippen LogP contribution >= 0.6 is 23.4 Å². The van der Waals surface area contributed by atoms with Crippen molar-refractivity contribution in [3.05, 3.63) is 58.1 Å². The maximum atomic E-state index is 6.32. The lowest BCUT2D eigenvalue weighted by Crippen LogP contribution is -1.95. The summed E-state index contributed by atoms with van der Waals surface area (Å²) >= 11 is 8.17. The number of nitrogens with one attached hydrogen (secondary N) is 1. The van der Waals surface area contributed by atoms with E-state index >= 15 is 0 Å². The summed E-state index contributed by atoms with van der Waals surface area (Å²) in [5, 5.41) is 4.04. The summed E-state index contributed by atoms with van der Waals surface area (Å²) in [7, 11) is 1.93. The predicted octanol–water partition coefficient (Wildman–Crippen LogP) is 5.54. The molecule has 0 spiro atoms. The van der Waals surface area contributed by atoms with Gasteiger partial charge in [0, 0.05) is 34.0 Å². The number of hydrogen-bond acceptors (Lipinski definition) is 2. The Labute approximate surface area is 130 Å². The van der Waals surface area contributed by atoms with Crippen molar-refractivity contribution in [1.29, 1.82) is 0 Å². The van der Waals surface area contributed by atoms with Crippen LogP contribution < -0.4 is 5.32 Å². The van der Waals surface area contributed by atoms with Gasteiger partial charge in [-0.05, 0) is 42.7 Å². The second-order valence-electron chi connectivity index (χ2n) is 4.76. The number of hydrogen-bond donors (Lipinski definition) is 1. The van der Waals surface area contributed by atoms with Crippen LogP contribution in [0.3, 0.4) is 0 Å². The van der Waals surface area contributed by atoms with Crippen LogP contribution in [0.25, 0.3) is 0 Å². The molecule has 2 aromatic carbocycles. The monoisotopic (exact) mass is 305 g/mol. The Morgan fingerprint density at radius 2 is 2.00 bits per heavy atom. The fourth-order valence-corrected chi connectivity index (χ4v) is 3.57. The number of aryl methyl sites for hydroxylation is 2. The van der Waals surface area contributed by atoms with E-state index in [1.165, 1.54) is 21.6 Å². The minimum atomic E-state index is 0.827. The highest BCUT2D eigenvalue weighted by Crippen LogP contribution is 2.33. The van der Waals surface area contributed by atoms with Gasteiger partial charge in [-0.15, -0.1) is 11.8 Å². The van der Waals surface area contributed by atoms with Crippen LogP contribution in [0, 0.1) is 6.92 Å². The van der Waals surface area contributed by atoms with Crippen LogP contribution in [-0.2, 0) is 12.2 Å². The molecular formula is C17H20ClNS. The molecule has 0 unspecified atom stereocenters. The molecule has 0 aliphatic carbocycles. The fraction of sp³-hybridized carbons (Fsp3) is 0.294. The van der Waals surface area contributed by atoms with Gasteiger partial charge in [0.15, 0.2) is 0 Å². The van der Waals surface area contributed by atoms with E-state index in [9.17, 15) is 0 Å². The van der Waals surface area contributed by atoms with Gasteiger partial charge in [0.05, 0.1) is 0 Å². The van der Waals surface area contributed by atoms with Gasteiger partial charge in [0.1, 0.15) is 0 Å². The molecule has 0 saturated heterocycles. The quantitative estimate of drug-likeness (QED) is 0.727. The third-order valence-electron chi connectivity index (χ3n) is 3.42. The van der Waals surface area contributed by atoms with Crippen LogP contribution in [-0.4, -0.2) is 7.05 Å². The van der Waals surface area contributed by atoms with Crippen molar-refractivity contribution >= 4 is 29.1 Å². The lowest BCUT2D eigenvalue weighted by Gasteiger charge is -2.12. The summed E-state index contributed by atoms with van der Waals surface area (Å²) in [6.45, 7) is 4.35. The summed E-state index contributed by atoms with van der Waals surface area (Å²) < 4.78 is 0. The molecule has 0 amide bonds. The summed E-state index contributed by atoms with van der Waals surface area (Å²) in [5.74, 6) is 0.879. The Morgan fingerprint density at radius 1 is 1.20 bits per heavy atom. The molecule has 0 bridgehead atoms. The predicted molar refractivity (Wildman–Crippen MR) is 91.1 cm³/mol. The van der Waals surface area contributed by atoms with Gasteiger partial charge < -0.3 is 5.32 Å². The SMILES string of the molecule is CCc1ccc(C)c(SCc2c(Cl)cccc2NC)c1. The van der Waals surface area contributed by atoms with Gasteiger partial charge in [-0.1, -0.05) is 36.7 Å². The summed E-state index contributed by atoms with van der Waals surface area (Å²) in [4.78, 5) is 1.34. The van der Waals surface area contributed by atoms with Crippen molar-refractivity contribution in [1.82, 2.24) is 0 Å². The fourth-order valence-electron chi connectivity index (χ4n) is 2.11. The molecule has 2 aromatic rings. The van der Waals surface area contributed by atoms with Crippen molar-refractivity contribution in [2.75, 3.05) is 12.4 Å². The van der Waals surface area contributed by atoms with E-state index in [1.807, 2.05) is 30.9 Å². The largest absolute Gasteiger partial charge is 0.388 e. The second kappa shape index (κ2) is 7.05. The van der Waals surface area contributed by atoms with Crippen molar-refractivity contribution in [3.63, 3.8) is 0 Å². The molecule has 3 heteroatoms. The maximum absolute atomic E-state index is 6.32. The smallest absolute Gasteiger partial charge is 0.0467 e. The molecule has 0 aliphatic rings. The van der Waals surface area contributed by atoms with E-state index in [4.69, 9.17) is 11.6 Å². The van der Waals surface area contributed by atoms with Crippen molar-refractivity contribution < 1.29 is 0 Å². The van der Waals surface area contributed by atoms with Gasteiger partial charge in [-0.25, -0.2) is 0 Å². The van der Waals surface area contributed by atoms with E-state index in [0.717, 1.165) is 22.9 Å². The lowest BCUT2D eigenvalue weighted by atomic mass is 10.1. The Kier molecular flexibility index (Phi) is 5.38. The lowest BCUT2D eigenvalue weighted by molar-refractivity contribution is 1.11. The number of halogens is 1. The molecule has 0 fully saturated rings. The number of anilines is 1. The Morgan fingerprint density at radius 3 is 2.70 bits per heavy atom. The molecule has 0 heterocycles. The topological polar surface area (TPSA) is 12.0 Å². The molecule has 0 atom stereocenters. The third-order valence-corrected chi connectivity index (χ3v) is 4.96. The first-order chi connectivity index (χ1) is 9.65. The van der Waals surface area contributed by atoms with Gasteiger partial charge in [-0.3, -0.25) is 0 Å². The highest BCUT2D eigenvalue weighted by Gasteiger charge is 2.08. The molecular weight excluding hydrogens is 286 g/mol. The van der Waals surface area contributed by atoms with Crippen LogP contribution in [0.15, 0.2) is 41.3 Å². The Bertz CT molecular complexity index is 596. The Balaban J connectivity index is 2.21. The second-order valence-corrected chi connectivity index (χ2v) is 6.18. The molecule has 1 N–H and O–H groups in total. The van der Waals surface area contributed by atoms with Crippen molar-refractivity contribution in [2.45, 2.75) is 30.9 Å². The molecule has 0 saturated carbocycles. The van der Waals surface area contributed by atoms with Gasteiger partial charge in [0.25, 0.3) is 0 Å². The first kappa shape index (κ1) is 15.3. The van der Waals surface area contributed by atoms with Crippen LogP contribution in [0.5, 0.6) is 0 Å². The Hall–Kier alpha value is -1.12. The van der Waals surface area contributed by atoms with Crippen LogP contribution in [0.1, 0.15) is 23.6 Å². The van der Waals surface area contributed by atoms with E-state index in [1.54, 1.807) is 0 Å². The summed E-state index contributed by atoms with van der Waals surface area (Å²) in [6.07, 6.45) is 1.07. The van der Waals surface area contributed by atoms with E-state index in [0.29, 0.717) is 0 Å². The molecule has 0 aromatic heterocycles. The van der Waals surface area contributed by atoms with Crippen molar-refractivity contribution in [2.24, 2.45) is 0 Å². The minimum absolute atomic E-state index is 0.827. The zero-order valence-corrected chi connectivity index (χ0v) is 13.7. The molecule has 2 rings (SSSR count). The van der Waals surface area contributed by atoms with Gasteiger partial charge >= 0.3 is 0 Å². The highest BCUT2D eigenvalue weighted by atomic mass is 35.5. The summed E-state index contributed by atoms with van der Waals surface area (Å²) in [5.41, 5.74) is 4.98. The molecule has 0 radical (unpaired) electrons. The zero-order chi connectivity index (χ0) is 14.5. The van der Waals surface area contributed by atoms with Crippen LogP contribution in [0.4, 0.5) is 5.69 Å². The van der Waals surface area contributed by atoms with Crippen LogP contribution in [0.2, 0.25) is 5.02 Å². The summed E-state index contributed by atoms with van der Waals surface area (Å²) in [6, 6.07) is 12.7. The first-order valence-electron chi connectivity index (χ1n) is 6.83. The number of thioether (sulfide) groups is 1. The number of rotatable bonds is 5. The minimum Gasteiger partial charge on any atom is -0.388 e. The average Bonchev–Trinajstić information content (AvgIpc) is 2.47. The molecule has 1 nitrogen and oxygen atoms in total. The standard InChI is InChI=1S/C17H20ClNS/c1-4-13-9-8-12(2)17(10-13)20-11-14-15(18)6-5-7-16(14)19-3/h5-10,19H,4,11H2,1-3H3. The average molecular weight is 306 g/mol.